The zero-order chi connectivity index (χ0) is 19.0. The van der Waals surface area contributed by atoms with Crippen molar-refractivity contribution in [3.63, 3.8) is 0 Å². The van der Waals surface area contributed by atoms with E-state index in [9.17, 15) is 8.42 Å². The lowest BCUT2D eigenvalue weighted by atomic mass is 10.00. The van der Waals surface area contributed by atoms with Crippen molar-refractivity contribution in [2.24, 2.45) is 0 Å². The van der Waals surface area contributed by atoms with E-state index < -0.39 is 10.0 Å². The number of aromatic nitrogens is 2. The molecule has 0 radical (unpaired) electrons. The molecule has 8 heteroatoms. The maximum absolute atomic E-state index is 13.0. The summed E-state index contributed by atoms with van der Waals surface area (Å²) in [7, 11) is -3.52. The Balaban J connectivity index is 1.54. The minimum Gasteiger partial charge on any atom is -0.420 e. The predicted molar refractivity (Wildman–Crippen MR) is 104 cm³/mol. The van der Waals surface area contributed by atoms with Gasteiger partial charge in [-0.2, -0.15) is 4.31 Å². The normalized spacial score (nSPS) is 18.7. The van der Waals surface area contributed by atoms with Crippen molar-refractivity contribution in [2.45, 2.75) is 37.5 Å². The zero-order valence-corrected chi connectivity index (χ0v) is 16.9. The quantitative estimate of drug-likeness (QED) is 0.658. The first-order chi connectivity index (χ1) is 12.9. The molecule has 142 valence electrons. The van der Waals surface area contributed by atoms with Gasteiger partial charge in [-0.15, -0.1) is 21.5 Å². The van der Waals surface area contributed by atoms with Crippen LogP contribution in [-0.2, 0) is 10.0 Å². The number of aryl methyl sites for hydroxylation is 2. The Labute approximate surface area is 162 Å². The third kappa shape index (κ3) is 3.69. The minimum absolute atomic E-state index is 0.0821. The van der Waals surface area contributed by atoms with Gasteiger partial charge >= 0.3 is 0 Å². The molecule has 3 aromatic rings. The predicted octanol–water partition coefficient (Wildman–Crippen LogP) is 3.98. The Morgan fingerprint density at radius 2 is 1.89 bits per heavy atom. The molecule has 1 aromatic carbocycles. The number of benzene rings is 1. The number of hydrogen-bond acceptors (Lipinski definition) is 6. The molecular weight excluding hydrogens is 382 g/mol. The van der Waals surface area contributed by atoms with Gasteiger partial charge in [0.05, 0.1) is 15.7 Å². The largest absolute Gasteiger partial charge is 0.420 e. The second-order valence-corrected chi connectivity index (χ2v) is 10.1. The first-order valence-electron chi connectivity index (χ1n) is 8.90. The number of thiophene rings is 1. The molecule has 1 fully saturated rings. The number of piperidine rings is 1. The maximum Gasteiger partial charge on any atom is 0.257 e. The van der Waals surface area contributed by atoms with Gasteiger partial charge in [0.2, 0.25) is 15.9 Å². The van der Waals surface area contributed by atoms with Crippen molar-refractivity contribution in [1.29, 1.82) is 0 Å². The van der Waals surface area contributed by atoms with Crippen LogP contribution in [0.2, 0.25) is 0 Å². The number of sulfonamides is 1. The van der Waals surface area contributed by atoms with Crippen LogP contribution in [0.3, 0.4) is 0 Å². The second-order valence-electron chi connectivity index (χ2n) is 6.87. The highest BCUT2D eigenvalue weighted by Gasteiger charge is 2.33. The van der Waals surface area contributed by atoms with Crippen molar-refractivity contribution in [3.8, 4) is 10.8 Å². The minimum atomic E-state index is -3.52. The van der Waals surface area contributed by atoms with E-state index in [4.69, 9.17) is 4.42 Å². The van der Waals surface area contributed by atoms with Gasteiger partial charge in [0.25, 0.3) is 5.89 Å². The number of rotatable bonds is 4. The lowest BCUT2D eigenvalue weighted by Gasteiger charge is -2.30. The molecule has 27 heavy (non-hydrogen) atoms. The first-order valence-corrected chi connectivity index (χ1v) is 11.2. The highest BCUT2D eigenvalue weighted by molar-refractivity contribution is 7.89. The number of hydrogen-bond donors (Lipinski definition) is 0. The highest BCUT2D eigenvalue weighted by Crippen LogP contribution is 2.32. The van der Waals surface area contributed by atoms with Crippen molar-refractivity contribution in [1.82, 2.24) is 14.5 Å². The Morgan fingerprint density at radius 3 is 2.59 bits per heavy atom. The van der Waals surface area contributed by atoms with Crippen LogP contribution in [0.25, 0.3) is 10.8 Å². The van der Waals surface area contributed by atoms with Crippen LogP contribution in [0.5, 0.6) is 0 Å². The first kappa shape index (κ1) is 18.3. The summed E-state index contributed by atoms with van der Waals surface area (Å²) in [5, 5.41) is 8.35. The van der Waals surface area contributed by atoms with Gasteiger partial charge in [-0.05, 0) is 51.0 Å². The van der Waals surface area contributed by atoms with Crippen molar-refractivity contribution in [3.05, 3.63) is 52.7 Å². The van der Waals surface area contributed by atoms with E-state index in [1.54, 1.807) is 23.5 Å². The Morgan fingerprint density at radius 1 is 1.11 bits per heavy atom. The zero-order valence-electron chi connectivity index (χ0n) is 15.3. The third-order valence-corrected chi connectivity index (χ3v) is 7.65. The molecule has 6 nitrogen and oxygen atoms in total. The molecule has 2 aromatic heterocycles. The summed E-state index contributed by atoms with van der Waals surface area (Å²) in [6, 6.07) is 11.0. The Hall–Kier alpha value is -2.03. The molecule has 1 aliphatic heterocycles. The SMILES string of the molecule is Cc1ccc(S(=O)(=O)N2CCC[C@H](c3nnc(-c4ccc(C)s4)o3)C2)cc1. The summed E-state index contributed by atoms with van der Waals surface area (Å²) in [5.74, 6) is 0.933. The van der Waals surface area contributed by atoms with E-state index in [-0.39, 0.29) is 5.92 Å². The van der Waals surface area contributed by atoms with Crippen molar-refractivity contribution >= 4 is 21.4 Å². The molecule has 0 N–H and O–H groups in total. The van der Waals surface area contributed by atoms with E-state index >= 15 is 0 Å². The summed E-state index contributed by atoms with van der Waals surface area (Å²) in [6.45, 7) is 4.84. The van der Waals surface area contributed by atoms with Crippen LogP contribution in [0.1, 0.15) is 35.1 Å². The van der Waals surface area contributed by atoms with Crippen molar-refractivity contribution < 1.29 is 12.8 Å². The van der Waals surface area contributed by atoms with Gasteiger partial charge in [-0.25, -0.2) is 8.42 Å². The topological polar surface area (TPSA) is 76.3 Å². The van der Waals surface area contributed by atoms with E-state index in [0.29, 0.717) is 29.8 Å². The van der Waals surface area contributed by atoms with Crippen LogP contribution >= 0.6 is 11.3 Å². The lowest BCUT2D eigenvalue weighted by molar-refractivity contribution is 0.286. The van der Waals surface area contributed by atoms with Gasteiger partial charge < -0.3 is 4.42 Å². The summed E-state index contributed by atoms with van der Waals surface area (Å²) >= 11 is 1.60. The van der Waals surface area contributed by atoms with Crippen molar-refractivity contribution in [2.75, 3.05) is 13.1 Å². The smallest absolute Gasteiger partial charge is 0.257 e. The molecule has 0 aliphatic carbocycles. The molecule has 4 rings (SSSR count). The lowest BCUT2D eigenvalue weighted by Crippen LogP contribution is -2.39. The molecular formula is C19H21N3O3S2. The van der Waals surface area contributed by atoms with Crippen LogP contribution < -0.4 is 0 Å². The Kier molecular flexibility index (Phi) is 4.88. The molecule has 0 unspecified atom stereocenters. The molecule has 0 amide bonds. The standard InChI is InChI=1S/C19H21N3O3S2/c1-13-5-8-16(9-6-13)27(23,24)22-11-3-4-15(12-22)18-20-21-19(25-18)17-10-7-14(2)26-17/h5-10,15H,3-4,11-12H2,1-2H3/t15-/m0/s1. The fraction of sp³-hybridized carbons (Fsp3) is 0.368. The van der Waals surface area contributed by atoms with Gasteiger partial charge in [0.1, 0.15) is 0 Å². The van der Waals surface area contributed by atoms with Crippen LogP contribution in [0.15, 0.2) is 45.7 Å². The van der Waals surface area contributed by atoms with E-state index in [2.05, 4.69) is 10.2 Å². The van der Waals surface area contributed by atoms with E-state index in [0.717, 1.165) is 23.3 Å². The molecule has 3 heterocycles. The van der Waals surface area contributed by atoms with Gasteiger partial charge in [-0.1, -0.05) is 17.7 Å². The fourth-order valence-electron chi connectivity index (χ4n) is 3.27. The molecule has 1 atom stereocenters. The summed E-state index contributed by atoms with van der Waals surface area (Å²) in [4.78, 5) is 2.44. The van der Waals surface area contributed by atoms with Gasteiger partial charge in [0, 0.05) is 18.0 Å². The molecule has 0 bridgehead atoms. The fourth-order valence-corrected chi connectivity index (χ4v) is 5.58. The molecule has 0 saturated carbocycles. The third-order valence-electron chi connectivity index (χ3n) is 4.78. The molecule has 0 spiro atoms. The van der Waals surface area contributed by atoms with Crippen LogP contribution in [0.4, 0.5) is 0 Å². The van der Waals surface area contributed by atoms with E-state index in [1.165, 1.54) is 9.18 Å². The molecule has 1 saturated heterocycles. The summed E-state index contributed by atoms with van der Waals surface area (Å²) in [6.07, 6.45) is 1.61. The second kappa shape index (κ2) is 7.18. The monoisotopic (exact) mass is 403 g/mol. The summed E-state index contributed by atoms with van der Waals surface area (Å²) in [5.41, 5.74) is 1.03. The van der Waals surface area contributed by atoms with Crippen LogP contribution in [0, 0.1) is 13.8 Å². The Bertz CT molecular complexity index is 1040. The molecule has 1 aliphatic rings. The van der Waals surface area contributed by atoms with Gasteiger partial charge in [-0.3, -0.25) is 0 Å². The average molecular weight is 404 g/mol. The highest BCUT2D eigenvalue weighted by atomic mass is 32.2. The van der Waals surface area contributed by atoms with Gasteiger partial charge in [0.15, 0.2) is 0 Å². The number of nitrogens with zero attached hydrogens (tertiary/aromatic N) is 3. The van der Waals surface area contributed by atoms with E-state index in [1.807, 2.05) is 38.1 Å². The van der Waals surface area contributed by atoms with Crippen LogP contribution in [-0.4, -0.2) is 36.0 Å². The maximum atomic E-state index is 13.0. The average Bonchev–Trinajstić information content (AvgIpc) is 3.31. The summed E-state index contributed by atoms with van der Waals surface area (Å²) < 4.78 is 33.3.